The highest BCUT2D eigenvalue weighted by molar-refractivity contribution is 7.89. The number of sulfonamides is 1. The normalized spacial score (nSPS) is 12.5. The van der Waals surface area contributed by atoms with Crippen LogP contribution in [0, 0.1) is 0 Å². The fourth-order valence-corrected chi connectivity index (χ4v) is 4.11. The molecule has 0 bridgehead atoms. The third-order valence-corrected chi connectivity index (χ3v) is 5.84. The van der Waals surface area contributed by atoms with Crippen molar-refractivity contribution >= 4 is 15.8 Å². The molecule has 1 N–H and O–H groups in total. The standard InChI is InChI=1S/C22H21NO3S/c1-17(24)19-12-14-21(15-13-19)27(25,26)23-22(20-10-6-3-7-11-20)16-18-8-4-2-5-9-18/h2-15,22-23H,16H2,1H3. The van der Waals surface area contributed by atoms with Gasteiger partial charge in [0.25, 0.3) is 0 Å². The molecule has 0 aliphatic heterocycles. The fourth-order valence-electron chi connectivity index (χ4n) is 2.89. The number of hydrogen-bond acceptors (Lipinski definition) is 3. The van der Waals surface area contributed by atoms with Gasteiger partial charge in [-0.1, -0.05) is 72.8 Å². The molecule has 3 aromatic rings. The monoisotopic (exact) mass is 379 g/mol. The molecule has 1 atom stereocenters. The minimum Gasteiger partial charge on any atom is -0.295 e. The zero-order chi connectivity index (χ0) is 19.3. The first-order chi connectivity index (χ1) is 13.0. The van der Waals surface area contributed by atoms with Crippen LogP contribution in [0.3, 0.4) is 0 Å². The van der Waals surface area contributed by atoms with Gasteiger partial charge in [-0.3, -0.25) is 4.79 Å². The summed E-state index contributed by atoms with van der Waals surface area (Å²) in [6.07, 6.45) is 0.537. The van der Waals surface area contributed by atoms with Crippen LogP contribution in [-0.2, 0) is 16.4 Å². The molecule has 1 unspecified atom stereocenters. The molecule has 3 aromatic carbocycles. The molecule has 0 fully saturated rings. The molecule has 138 valence electrons. The number of hydrogen-bond donors (Lipinski definition) is 1. The van der Waals surface area contributed by atoms with Crippen LogP contribution < -0.4 is 4.72 Å². The molecule has 0 aliphatic carbocycles. The Kier molecular flexibility index (Phi) is 5.84. The van der Waals surface area contributed by atoms with E-state index in [1.165, 1.54) is 31.2 Å². The lowest BCUT2D eigenvalue weighted by Gasteiger charge is -2.19. The van der Waals surface area contributed by atoms with Gasteiger partial charge in [0.2, 0.25) is 10.0 Å². The predicted molar refractivity (Wildman–Crippen MR) is 106 cm³/mol. The number of nitrogens with one attached hydrogen (secondary N) is 1. The van der Waals surface area contributed by atoms with Crippen molar-refractivity contribution in [1.29, 1.82) is 0 Å². The van der Waals surface area contributed by atoms with E-state index in [1.54, 1.807) is 0 Å². The first kappa shape index (κ1) is 19.0. The topological polar surface area (TPSA) is 63.2 Å². The van der Waals surface area contributed by atoms with Crippen LogP contribution >= 0.6 is 0 Å². The molecule has 0 radical (unpaired) electrons. The van der Waals surface area contributed by atoms with E-state index < -0.39 is 16.1 Å². The minimum absolute atomic E-state index is 0.0989. The lowest BCUT2D eigenvalue weighted by molar-refractivity contribution is 0.101. The second-order valence-electron chi connectivity index (χ2n) is 6.35. The summed E-state index contributed by atoms with van der Waals surface area (Å²) in [5.74, 6) is -0.0989. The van der Waals surface area contributed by atoms with Gasteiger partial charge < -0.3 is 0 Å². The van der Waals surface area contributed by atoms with E-state index in [0.717, 1.165) is 11.1 Å². The Morgan fingerprint density at radius 1 is 0.852 bits per heavy atom. The lowest BCUT2D eigenvalue weighted by Crippen LogP contribution is -2.30. The zero-order valence-corrected chi connectivity index (χ0v) is 15.8. The largest absolute Gasteiger partial charge is 0.295 e. The number of benzene rings is 3. The summed E-state index contributed by atoms with van der Waals surface area (Å²) in [5, 5.41) is 0. The maximum atomic E-state index is 12.9. The lowest BCUT2D eigenvalue weighted by atomic mass is 10.00. The summed E-state index contributed by atoms with van der Waals surface area (Å²) in [4.78, 5) is 11.5. The highest BCUT2D eigenvalue weighted by Crippen LogP contribution is 2.22. The second-order valence-corrected chi connectivity index (χ2v) is 8.07. The Hall–Kier alpha value is -2.76. The van der Waals surface area contributed by atoms with Gasteiger partial charge in [0.1, 0.15) is 0 Å². The fraction of sp³-hybridized carbons (Fsp3) is 0.136. The van der Waals surface area contributed by atoms with Crippen molar-refractivity contribution in [3.05, 3.63) is 102 Å². The van der Waals surface area contributed by atoms with Crippen molar-refractivity contribution in [1.82, 2.24) is 4.72 Å². The van der Waals surface area contributed by atoms with Gasteiger partial charge in [0.05, 0.1) is 10.9 Å². The van der Waals surface area contributed by atoms with Crippen LogP contribution in [0.1, 0.15) is 34.5 Å². The quantitative estimate of drug-likeness (QED) is 0.627. The molecule has 0 saturated heterocycles. The molecule has 27 heavy (non-hydrogen) atoms. The maximum absolute atomic E-state index is 12.9. The van der Waals surface area contributed by atoms with E-state index in [9.17, 15) is 13.2 Å². The first-order valence-corrected chi connectivity index (χ1v) is 10.2. The van der Waals surface area contributed by atoms with Gasteiger partial charge >= 0.3 is 0 Å². The van der Waals surface area contributed by atoms with Crippen molar-refractivity contribution in [2.75, 3.05) is 0 Å². The minimum atomic E-state index is -3.73. The molecule has 0 amide bonds. The molecular weight excluding hydrogens is 358 g/mol. The van der Waals surface area contributed by atoms with Crippen LogP contribution in [0.2, 0.25) is 0 Å². The van der Waals surface area contributed by atoms with E-state index in [4.69, 9.17) is 0 Å². The highest BCUT2D eigenvalue weighted by atomic mass is 32.2. The molecular formula is C22H21NO3S. The van der Waals surface area contributed by atoms with Crippen molar-refractivity contribution < 1.29 is 13.2 Å². The Balaban J connectivity index is 1.89. The Bertz CT molecular complexity index is 998. The highest BCUT2D eigenvalue weighted by Gasteiger charge is 2.22. The number of carbonyl (C=O) groups is 1. The van der Waals surface area contributed by atoms with Gasteiger partial charge in [-0.2, -0.15) is 0 Å². The summed E-state index contributed by atoms with van der Waals surface area (Å²) in [7, 11) is -3.73. The number of rotatable bonds is 7. The summed E-state index contributed by atoms with van der Waals surface area (Å²) in [5.41, 5.74) is 2.42. The third kappa shape index (κ3) is 4.90. The van der Waals surface area contributed by atoms with Crippen LogP contribution in [-0.4, -0.2) is 14.2 Å². The van der Waals surface area contributed by atoms with Crippen molar-refractivity contribution in [3.8, 4) is 0 Å². The van der Waals surface area contributed by atoms with Gasteiger partial charge in [0, 0.05) is 5.56 Å². The summed E-state index contributed by atoms with van der Waals surface area (Å²) in [6, 6.07) is 24.9. The van der Waals surface area contributed by atoms with E-state index in [1.807, 2.05) is 60.7 Å². The van der Waals surface area contributed by atoms with Crippen LogP contribution in [0.25, 0.3) is 0 Å². The Labute approximate surface area is 159 Å². The van der Waals surface area contributed by atoms with E-state index >= 15 is 0 Å². The zero-order valence-electron chi connectivity index (χ0n) is 15.0. The Morgan fingerprint density at radius 3 is 1.96 bits per heavy atom. The number of carbonyl (C=O) groups excluding carboxylic acids is 1. The number of ketones is 1. The van der Waals surface area contributed by atoms with E-state index in [-0.39, 0.29) is 10.7 Å². The molecule has 0 spiro atoms. The maximum Gasteiger partial charge on any atom is 0.241 e. The average Bonchev–Trinajstić information content (AvgIpc) is 2.69. The molecule has 4 nitrogen and oxygen atoms in total. The SMILES string of the molecule is CC(=O)c1ccc(S(=O)(=O)NC(Cc2ccccc2)c2ccccc2)cc1. The molecule has 3 rings (SSSR count). The van der Waals surface area contributed by atoms with Crippen LogP contribution in [0.15, 0.2) is 89.8 Å². The van der Waals surface area contributed by atoms with Gasteiger partial charge in [0.15, 0.2) is 5.78 Å². The van der Waals surface area contributed by atoms with Gasteiger partial charge in [-0.15, -0.1) is 0 Å². The van der Waals surface area contributed by atoms with Gasteiger partial charge in [-0.25, -0.2) is 13.1 Å². The summed E-state index contributed by atoms with van der Waals surface area (Å²) >= 11 is 0. The van der Waals surface area contributed by atoms with Crippen LogP contribution in [0.4, 0.5) is 0 Å². The second kappa shape index (κ2) is 8.29. The molecule has 0 aromatic heterocycles. The van der Waals surface area contributed by atoms with Crippen LogP contribution in [0.5, 0.6) is 0 Å². The van der Waals surface area contributed by atoms with E-state index in [2.05, 4.69) is 4.72 Å². The molecule has 0 saturated carbocycles. The molecule has 0 aliphatic rings. The Morgan fingerprint density at radius 2 is 1.41 bits per heavy atom. The first-order valence-electron chi connectivity index (χ1n) is 8.68. The number of Topliss-reactive ketones (excluding diaryl/α,β-unsaturated/α-hetero) is 1. The third-order valence-electron chi connectivity index (χ3n) is 4.35. The van der Waals surface area contributed by atoms with Crippen molar-refractivity contribution in [2.24, 2.45) is 0 Å². The van der Waals surface area contributed by atoms with Gasteiger partial charge in [-0.05, 0) is 36.6 Å². The van der Waals surface area contributed by atoms with E-state index in [0.29, 0.717) is 12.0 Å². The summed E-state index contributed by atoms with van der Waals surface area (Å²) < 4.78 is 28.6. The summed E-state index contributed by atoms with van der Waals surface area (Å²) in [6.45, 7) is 1.45. The van der Waals surface area contributed by atoms with Crippen molar-refractivity contribution in [2.45, 2.75) is 24.3 Å². The molecule has 5 heteroatoms. The smallest absolute Gasteiger partial charge is 0.241 e. The van der Waals surface area contributed by atoms with Crippen molar-refractivity contribution in [3.63, 3.8) is 0 Å². The predicted octanol–water partition coefficient (Wildman–Crippen LogP) is 4.15. The average molecular weight is 379 g/mol. The molecule has 0 heterocycles.